The molecule has 6 heteroatoms. The van der Waals surface area contributed by atoms with E-state index in [0.717, 1.165) is 70.4 Å². The predicted octanol–water partition coefficient (Wildman–Crippen LogP) is 1.31. The van der Waals surface area contributed by atoms with Gasteiger partial charge >= 0.3 is 0 Å². The van der Waals surface area contributed by atoms with Gasteiger partial charge in [-0.05, 0) is 37.5 Å². The molecule has 2 aliphatic rings. The van der Waals surface area contributed by atoms with Gasteiger partial charge in [0.15, 0.2) is 5.96 Å². The molecule has 2 fully saturated rings. The van der Waals surface area contributed by atoms with Crippen LogP contribution in [0.4, 0.5) is 0 Å². The number of phenolic OH excluding ortho intramolecular Hbond substituents is 1. The molecule has 2 N–H and O–H groups in total. The van der Waals surface area contributed by atoms with Gasteiger partial charge in [-0.2, -0.15) is 0 Å². The number of phenols is 1. The molecule has 0 aliphatic carbocycles. The number of ether oxygens (including phenoxy) is 1. The van der Waals surface area contributed by atoms with Gasteiger partial charge in [0, 0.05) is 45.3 Å². The number of hydrogen-bond acceptors (Lipinski definition) is 4. The highest BCUT2D eigenvalue weighted by Gasteiger charge is 2.30. The summed E-state index contributed by atoms with van der Waals surface area (Å²) >= 11 is 0. The van der Waals surface area contributed by atoms with Crippen LogP contribution in [0.5, 0.6) is 5.75 Å². The first kappa shape index (κ1) is 18.0. The van der Waals surface area contributed by atoms with Gasteiger partial charge in [0.1, 0.15) is 5.75 Å². The maximum Gasteiger partial charge on any atom is 0.193 e. The van der Waals surface area contributed by atoms with Crippen LogP contribution in [0.3, 0.4) is 0 Å². The third-order valence-corrected chi connectivity index (χ3v) is 4.93. The van der Waals surface area contributed by atoms with Crippen LogP contribution in [0.15, 0.2) is 29.3 Å². The van der Waals surface area contributed by atoms with E-state index in [1.807, 2.05) is 18.2 Å². The number of aromatic hydroxyl groups is 1. The van der Waals surface area contributed by atoms with Crippen molar-refractivity contribution in [3.05, 3.63) is 29.8 Å². The Balaban J connectivity index is 1.55. The Morgan fingerprint density at radius 3 is 2.92 bits per heavy atom. The number of guanidine groups is 1. The lowest BCUT2D eigenvalue weighted by Crippen LogP contribution is -2.46. The van der Waals surface area contributed by atoms with E-state index < -0.39 is 0 Å². The molecule has 0 amide bonds. The molecule has 2 saturated heterocycles. The number of benzene rings is 1. The van der Waals surface area contributed by atoms with Crippen molar-refractivity contribution in [1.29, 1.82) is 0 Å². The van der Waals surface area contributed by atoms with Gasteiger partial charge in [0.05, 0.1) is 13.2 Å². The lowest BCUT2D eigenvalue weighted by molar-refractivity contribution is 0.0195. The predicted molar refractivity (Wildman–Crippen MR) is 100 cm³/mol. The third kappa shape index (κ3) is 5.09. The van der Waals surface area contributed by atoms with Crippen LogP contribution in [0.25, 0.3) is 0 Å². The van der Waals surface area contributed by atoms with E-state index >= 15 is 0 Å². The molecule has 0 radical (unpaired) electrons. The molecule has 0 saturated carbocycles. The number of nitrogens with zero attached hydrogens (tertiary/aromatic N) is 3. The molecule has 2 aliphatic heterocycles. The fraction of sp³-hybridized carbons (Fsp3) is 0.632. The van der Waals surface area contributed by atoms with Crippen molar-refractivity contribution in [2.75, 3.05) is 52.5 Å². The van der Waals surface area contributed by atoms with Crippen LogP contribution in [-0.4, -0.2) is 79.4 Å². The van der Waals surface area contributed by atoms with E-state index in [2.05, 4.69) is 22.0 Å². The number of nitrogens with one attached hydrogen (secondary N) is 1. The quantitative estimate of drug-likeness (QED) is 0.622. The highest BCUT2D eigenvalue weighted by molar-refractivity contribution is 5.80. The smallest absolute Gasteiger partial charge is 0.193 e. The largest absolute Gasteiger partial charge is 0.508 e. The summed E-state index contributed by atoms with van der Waals surface area (Å²) in [6.45, 7) is 9.61. The van der Waals surface area contributed by atoms with E-state index in [0.29, 0.717) is 11.8 Å². The second-order valence-electron chi connectivity index (χ2n) is 6.69. The van der Waals surface area contributed by atoms with Gasteiger partial charge in [0.25, 0.3) is 0 Å². The van der Waals surface area contributed by atoms with Crippen molar-refractivity contribution in [3.8, 4) is 5.75 Å². The molecule has 25 heavy (non-hydrogen) atoms. The molecular weight excluding hydrogens is 316 g/mol. The Kier molecular flexibility index (Phi) is 6.53. The molecular formula is C19H30N4O2. The Morgan fingerprint density at radius 2 is 2.16 bits per heavy atom. The van der Waals surface area contributed by atoms with Crippen molar-refractivity contribution in [2.24, 2.45) is 4.99 Å². The molecule has 0 bridgehead atoms. The Hall–Kier alpha value is -1.79. The monoisotopic (exact) mass is 346 g/mol. The molecule has 1 aromatic rings. The first-order chi connectivity index (χ1) is 12.3. The van der Waals surface area contributed by atoms with Crippen molar-refractivity contribution >= 4 is 5.96 Å². The van der Waals surface area contributed by atoms with Gasteiger partial charge in [-0.15, -0.1) is 0 Å². The average Bonchev–Trinajstić information content (AvgIpc) is 3.12. The highest BCUT2D eigenvalue weighted by atomic mass is 16.5. The molecule has 6 nitrogen and oxygen atoms in total. The SMILES string of the molecule is CCNC(=NCCc1cccc(O)c1)N1CCC(N2CCOCC2)C1. The van der Waals surface area contributed by atoms with Crippen LogP contribution in [0, 0.1) is 0 Å². The summed E-state index contributed by atoms with van der Waals surface area (Å²) in [5.41, 5.74) is 1.12. The summed E-state index contributed by atoms with van der Waals surface area (Å²) in [6, 6.07) is 8.04. The van der Waals surface area contributed by atoms with Gasteiger partial charge in [-0.25, -0.2) is 0 Å². The first-order valence-electron chi connectivity index (χ1n) is 9.39. The number of morpholine rings is 1. The normalized spacial score (nSPS) is 22.4. The topological polar surface area (TPSA) is 60.3 Å². The second-order valence-corrected chi connectivity index (χ2v) is 6.69. The second kappa shape index (κ2) is 9.06. The number of rotatable bonds is 5. The summed E-state index contributed by atoms with van der Waals surface area (Å²) < 4.78 is 5.47. The third-order valence-electron chi connectivity index (χ3n) is 4.93. The Labute approximate surface area is 150 Å². The van der Waals surface area contributed by atoms with Crippen LogP contribution < -0.4 is 5.32 Å². The molecule has 1 unspecified atom stereocenters. The van der Waals surface area contributed by atoms with Crippen LogP contribution in [0.2, 0.25) is 0 Å². The van der Waals surface area contributed by atoms with E-state index in [-0.39, 0.29) is 0 Å². The summed E-state index contributed by atoms with van der Waals surface area (Å²) in [5, 5.41) is 13.0. The fourth-order valence-electron chi connectivity index (χ4n) is 3.60. The van der Waals surface area contributed by atoms with Crippen molar-refractivity contribution < 1.29 is 9.84 Å². The maximum atomic E-state index is 9.56. The summed E-state index contributed by atoms with van der Waals surface area (Å²) in [7, 11) is 0. The number of likely N-dealkylation sites (tertiary alicyclic amines) is 1. The van der Waals surface area contributed by atoms with Crippen molar-refractivity contribution in [1.82, 2.24) is 15.1 Å². The zero-order valence-corrected chi connectivity index (χ0v) is 15.2. The lowest BCUT2D eigenvalue weighted by Gasteiger charge is -2.32. The Morgan fingerprint density at radius 1 is 1.32 bits per heavy atom. The van der Waals surface area contributed by atoms with E-state index in [1.54, 1.807) is 6.07 Å². The molecule has 1 aromatic carbocycles. The van der Waals surface area contributed by atoms with E-state index in [9.17, 15) is 5.11 Å². The molecule has 2 heterocycles. The average molecular weight is 346 g/mol. The minimum atomic E-state index is 0.321. The zero-order valence-electron chi connectivity index (χ0n) is 15.2. The van der Waals surface area contributed by atoms with Crippen LogP contribution in [-0.2, 0) is 11.2 Å². The first-order valence-corrected chi connectivity index (χ1v) is 9.39. The molecule has 1 atom stereocenters. The van der Waals surface area contributed by atoms with Gasteiger partial charge in [0.2, 0.25) is 0 Å². The summed E-state index contributed by atoms with van der Waals surface area (Å²) in [5.74, 6) is 1.33. The highest BCUT2D eigenvalue weighted by Crippen LogP contribution is 2.17. The lowest BCUT2D eigenvalue weighted by atomic mass is 10.1. The Bertz CT molecular complexity index is 572. The van der Waals surface area contributed by atoms with Crippen molar-refractivity contribution in [2.45, 2.75) is 25.8 Å². The number of aliphatic imine (C=N–C) groups is 1. The van der Waals surface area contributed by atoms with Crippen LogP contribution >= 0.6 is 0 Å². The summed E-state index contributed by atoms with van der Waals surface area (Å²) in [4.78, 5) is 9.74. The zero-order chi connectivity index (χ0) is 17.5. The van der Waals surface area contributed by atoms with Gasteiger partial charge in [-0.3, -0.25) is 9.89 Å². The van der Waals surface area contributed by atoms with E-state index in [1.165, 1.54) is 6.42 Å². The minimum Gasteiger partial charge on any atom is -0.508 e. The fourth-order valence-corrected chi connectivity index (χ4v) is 3.60. The molecule has 3 rings (SSSR count). The van der Waals surface area contributed by atoms with Crippen molar-refractivity contribution in [3.63, 3.8) is 0 Å². The van der Waals surface area contributed by atoms with Gasteiger partial charge < -0.3 is 20.1 Å². The standard InChI is InChI=1S/C19H30N4O2/c1-2-20-19(21-8-6-16-4-3-5-18(24)14-16)23-9-7-17(15-23)22-10-12-25-13-11-22/h3-5,14,17,24H,2,6-13,15H2,1H3,(H,20,21). The van der Waals surface area contributed by atoms with Crippen LogP contribution in [0.1, 0.15) is 18.9 Å². The van der Waals surface area contributed by atoms with Gasteiger partial charge in [-0.1, -0.05) is 12.1 Å². The molecule has 0 spiro atoms. The van der Waals surface area contributed by atoms with E-state index in [4.69, 9.17) is 9.73 Å². The minimum absolute atomic E-state index is 0.321. The molecule has 0 aromatic heterocycles. The summed E-state index contributed by atoms with van der Waals surface area (Å²) in [6.07, 6.45) is 2.03. The molecule has 138 valence electrons. The maximum absolute atomic E-state index is 9.56. The number of hydrogen-bond donors (Lipinski definition) is 2.